The number of nitrogens with zero attached hydrogens (tertiary/aromatic N) is 4. The smallest absolute Gasteiger partial charge is 0.331 e. The Morgan fingerprint density at radius 1 is 1.16 bits per heavy atom. The van der Waals surface area contributed by atoms with E-state index in [0.29, 0.717) is 12.1 Å². The van der Waals surface area contributed by atoms with Crippen LogP contribution in [0.25, 0.3) is 11.0 Å². The first-order valence-corrected chi connectivity index (χ1v) is 7.72. The molecule has 0 spiro atoms. The molecule has 6 nitrogen and oxygen atoms in total. The van der Waals surface area contributed by atoms with Crippen molar-refractivity contribution in [2.45, 2.75) is 24.4 Å². The maximum absolute atomic E-state index is 13.0. The zero-order chi connectivity index (χ0) is 17.8. The number of hydrogen-bond donors (Lipinski definition) is 2. The molecular formula is C16H15F3N6. The highest BCUT2D eigenvalue weighted by Gasteiger charge is 2.45. The molecule has 2 aromatic heterocycles. The number of benzene rings is 1. The Hall–Kier alpha value is -2.68. The Labute approximate surface area is 140 Å². The second-order valence-electron chi connectivity index (χ2n) is 6.11. The number of nitrogens with two attached hydrogens (primary N) is 1. The van der Waals surface area contributed by atoms with Gasteiger partial charge in [0.25, 0.3) is 0 Å². The van der Waals surface area contributed by atoms with Gasteiger partial charge in [0.05, 0.1) is 16.7 Å². The van der Waals surface area contributed by atoms with Crippen LogP contribution in [-0.4, -0.2) is 19.5 Å². The summed E-state index contributed by atoms with van der Waals surface area (Å²) in [6, 6.07) is 9.17. The van der Waals surface area contributed by atoms with Crippen molar-refractivity contribution >= 4 is 16.9 Å². The standard InChI is InChI=1S/C16H15F3N6/c1-25-12-5-3-2-4-10(12)21-14(25)9-6-8(9)11-7-13(24-20)23-15(22-11)16(17,18)19/h2-5,7-9H,6,20H2,1H3,(H,22,23,24)/t8?,9-/m1/s1. The number of aromatic nitrogens is 4. The largest absolute Gasteiger partial charge is 0.451 e. The molecule has 0 bridgehead atoms. The van der Waals surface area contributed by atoms with Gasteiger partial charge in [-0.2, -0.15) is 13.2 Å². The monoisotopic (exact) mass is 348 g/mol. The molecule has 3 N–H and O–H groups in total. The molecule has 9 heteroatoms. The normalized spacial score (nSPS) is 20.0. The Morgan fingerprint density at radius 2 is 1.92 bits per heavy atom. The lowest BCUT2D eigenvalue weighted by Crippen LogP contribution is -2.17. The van der Waals surface area contributed by atoms with E-state index in [0.717, 1.165) is 16.9 Å². The van der Waals surface area contributed by atoms with Crippen LogP contribution < -0.4 is 11.3 Å². The number of rotatable bonds is 3. The Morgan fingerprint density at radius 3 is 2.60 bits per heavy atom. The van der Waals surface area contributed by atoms with Crippen LogP contribution >= 0.6 is 0 Å². The van der Waals surface area contributed by atoms with Crippen molar-refractivity contribution in [3.8, 4) is 0 Å². The third-order valence-corrected chi connectivity index (χ3v) is 4.47. The summed E-state index contributed by atoms with van der Waals surface area (Å²) in [6.45, 7) is 0. The fraction of sp³-hybridized carbons (Fsp3) is 0.312. The van der Waals surface area contributed by atoms with Crippen molar-refractivity contribution in [3.63, 3.8) is 0 Å². The first-order valence-electron chi connectivity index (χ1n) is 7.72. The number of alkyl halides is 3. The van der Waals surface area contributed by atoms with Crippen molar-refractivity contribution in [3.05, 3.63) is 47.7 Å². The minimum absolute atomic E-state index is 0.0269. The predicted molar refractivity (Wildman–Crippen MR) is 85.7 cm³/mol. The molecule has 1 fully saturated rings. The van der Waals surface area contributed by atoms with Gasteiger partial charge in [0.2, 0.25) is 5.82 Å². The van der Waals surface area contributed by atoms with E-state index in [9.17, 15) is 13.2 Å². The number of fused-ring (bicyclic) bond motifs is 1. The van der Waals surface area contributed by atoms with E-state index in [4.69, 9.17) is 5.84 Å². The number of nitrogens with one attached hydrogen (secondary N) is 1. The fourth-order valence-electron chi connectivity index (χ4n) is 3.16. The SMILES string of the molecule is Cn1c([C@@H]2CC2c2cc(NN)nc(C(F)(F)F)n2)nc2ccccc21. The Kier molecular flexibility index (Phi) is 3.43. The van der Waals surface area contributed by atoms with Crippen LogP contribution in [0.4, 0.5) is 19.0 Å². The molecule has 2 heterocycles. The maximum atomic E-state index is 13.0. The molecule has 3 aromatic rings. The van der Waals surface area contributed by atoms with Crippen molar-refractivity contribution < 1.29 is 13.2 Å². The summed E-state index contributed by atoms with van der Waals surface area (Å²) < 4.78 is 40.9. The highest BCUT2D eigenvalue weighted by atomic mass is 19.4. The summed E-state index contributed by atoms with van der Waals surface area (Å²) in [5, 5.41) is 0. The van der Waals surface area contributed by atoms with Crippen LogP contribution in [-0.2, 0) is 13.2 Å². The molecular weight excluding hydrogens is 333 g/mol. The molecule has 130 valence electrons. The molecule has 1 aliphatic carbocycles. The number of halogens is 3. The summed E-state index contributed by atoms with van der Waals surface area (Å²) in [7, 11) is 1.91. The summed E-state index contributed by atoms with van der Waals surface area (Å²) in [5.74, 6) is 4.76. The minimum Gasteiger partial charge on any atom is -0.331 e. The van der Waals surface area contributed by atoms with E-state index < -0.39 is 12.0 Å². The number of aryl methyl sites for hydroxylation is 1. The lowest BCUT2D eigenvalue weighted by atomic mass is 10.2. The molecule has 25 heavy (non-hydrogen) atoms. The van der Waals surface area contributed by atoms with Gasteiger partial charge in [0, 0.05) is 24.9 Å². The maximum Gasteiger partial charge on any atom is 0.451 e. The lowest BCUT2D eigenvalue weighted by Gasteiger charge is -2.10. The summed E-state index contributed by atoms with van der Waals surface area (Å²) >= 11 is 0. The molecule has 0 aliphatic heterocycles. The molecule has 1 unspecified atom stereocenters. The quantitative estimate of drug-likeness (QED) is 0.562. The Bertz CT molecular complexity index is 949. The number of hydrazine groups is 1. The molecule has 1 aliphatic rings. The van der Waals surface area contributed by atoms with Crippen LogP contribution in [0.5, 0.6) is 0 Å². The second-order valence-corrected chi connectivity index (χ2v) is 6.11. The van der Waals surface area contributed by atoms with Gasteiger partial charge in [-0.15, -0.1) is 0 Å². The number of nitrogen functional groups attached to an aromatic ring is 1. The number of para-hydroxylation sites is 2. The van der Waals surface area contributed by atoms with Gasteiger partial charge in [0.1, 0.15) is 11.6 Å². The van der Waals surface area contributed by atoms with E-state index in [1.165, 1.54) is 6.07 Å². The van der Waals surface area contributed by atoms with Gasteiger partial charge in [-0.25, -0.2) is 20.8 Å². The highest BCUT2D eigenvalue weighted by molar-refractivity contribution is 5.76. The topological polar surface area (TPSA) is 81.7 Å². The van der Waals surface area contributed by atoms with Crippen molar-refractivity contribution in [1.29, 1.82) is 0 Å². The number of hydrogen-bond acceptors (Lipinski definition) is 5. The zero-order valence-electron chi connectivity index (χ0n) is 13.2. The van der Waals surface area contributed by atoms with Gasteiger partial charge in [0.15, 0.2) is 0 Å². The average Bonchev–Trinajstić information content (AvgIpc) is 3.32. The summed E-state index contributed by atoms with van der Waals surface area (Å²) in [4.78, 5) is 11.7. The molecule has 4 rings (SSSR count). The summed E-state index contributed by atoms with van der Waals surface area (Å²) in [6.07, 6.45) is -3.93. The minimum atomic E-state index is -4.62. The summed E-state index contributed by atoms with van der Waals surface area (Å²) in [5.41, 5.74) is 4.37. The molecule has 2 atom stereocenters. The second kappa shape index (κ2) is 5.41. The van der Waals surface area contributed by atoms with Crippen LogP contribution in [0, 0.1) is 0 Å². The molecule has 0 amide bonds. The van der Waals surface area contributed by atoms with Crippen molar-refractivity contribution in [2.24, 2.45) is 12.9 Å². The van der Waals surface area contributed by atoms with Crippen LogP contribution in [0.3, 0.4) is 0 Å². The van der Waals surface area contributed by atoms with E-state index >= 15 is 0 Å². The van der Waals surface area contributed by atoms with Crippen LogP contribution in [0.1, 0.15) is 35.6 Å². The van der Waals surface area contributed by atoms with E-state index in [2.05, 4.69) is 20.4 Å². The molecule has 0 saturated heterocycles. The molecule has 1 saturated carbocycles. The van der Waals surface area contributed by atoms with Crippen LogP contribution in [0.2, 0.25) is 0 Å². The van der Waals surface area contributed by atoms with Gasteiger partial charge in [-0.1, -0.05) is 12.1 Å². The van der Waals surface area contributed by atoms with Gasteiger partial charge >= 0.3 is 6.18 Å². The first kappa shape index (κ1) is 15.8. The van der Waals surface area contributed by atoms with E-state index in [1.54, 1.807) is 0 Å². The van der Waals surface area contributed by atoms with Crippen molar-refractivity contribution in [2.75, 3.05) is 5.43 Å². The van der Waals surface area contributed by atoms with Gasteiger partial charge < -0.3 is 9.99 Å². The van der Waals surface area contributed by atoms with E-state index in [1.807, 2.05) is 35.9 Å². The van der Waals surface area contributed by atoms with Crippen LogP contribution in [0.15, 0.2) is 30.3 Å². The third kappa shape index (κ3) is 2.70. The molecule has 1 aromatic carbocycles. The number of imidazole rings is 1. The van der Waals surface area contributed by atoms with E-state index in [-0.39, 0.29) is 17.7 Å². The highest BCUT2D eigenvalue weighted by Crippen LogP contribution is 2.54. The zero-order valence-corrected chi connectivity index (χ0v) is 13.2. The fourth-order valence-corrected chi connectivity index (χ4v) is 3.16. The average molecular weight is 348 g/mol. The van der Waals surface area contributed by atoms with Gasteiger partial charge in [-0.05, 0) is 18.6 Å². The predicted octanol–water partition coefficient (Wildman–Crippen LogP) is 2.94. The third-order valence-electron chi connectivity index (χ3n) is 4.47. The lowest BCUT2D eigenvalue weighted by molar-refractivity contribution is -0.145. The number of anilines is 1. The van der Waals surface area contributed by atoms with Gasteiger partial charge in [-0.3, -0.25) is 0 Å². The first-order chi connectivity index (χ1) is 11.9. The molecule has 0 radical (unpaired) electrons. The van der Waals surface area contributed by atoms with Crippen molar-refractivity contribution in [1.82, 2.24) is 19.5 Å². The Balaban J connectivity index is 1.69.